The molecule has 1 saturated heterocycles. The van der Waals surface area contributed by atoms with Gasteiger partial charge in [-0.1, -0.05) is 5.16 Å². The largest absolute Gasteiger partial charge is 0.497 e. The van der Waals surface area contributed by atoms with Crippen LogP contribution in [-0.4, -0.2) is 43.3 Å². The zero-order valence-electron chi connectivity index (χ0n) is 15.3. The Bertz CT molecular complexity index is 814. The Morgan fingerprint density at radius 3 is 2.88 bits per heavy atom. The number of hydrogen-bond acceptors (Lipinski definition) is 5. The molecule has 1 atom stereocenters. The number of methoxy groups -OCH3 is 2. The van der Waals surface area contributed by atoms with Crippen LogP contribution in [-0.2, 0) is 12.8 Å². The summed E-state index contributed by atoms with van der Waals surface area (Å²) in [4.78, 5) is 14.8. The van der Waals surface area contributed by atoms with Crippen molar-refractivity contribution in [2.24, 2.45) is 0 Å². The number of fused-ring (bicyclic) bond motifs is 1. The molecule has 0 radical (unpaired) electrons. The molecule has 1 aromatic heterocycles. The van der Waals surface area contributed by atoms with E-state index in [2.05, 4.69) is 5.16 Å². The van der Waals surface area contributed by atoms with Crippen LogP contribution in [0.1, 0.15) is 52.6 Å². The first kappa shape index (κ1) is 16.9. The highest BCUT2D eigenvalue weighted by Gasteiger charge is 2.34. The SMILES string of the molecule is COc1ccc(OC)c([C@H]2CCN(C(=O)c3onc4c3CCCC4)C2)c1. The topological polar surface area (TPSA) is 64.8 Å². The van der Waals surface area contributed by atoms with Gasteiger partial charge in [0.15, 0.2) is 0 Å². The van der Waals surface area contributed by atoms with Crippen LogP contribution < -0.4 is 9.47 Å². The fraction of sp³-hybridized carbons (Fsp3) is 0.500. The molecular formula is C20H24N2O4. The van der Waals surface area contributed by atoms with E-state index in [1.165, 1.54) is 0 Å². The maximum absolute atomic E-state index is 13.0. The Balaban J connectivity index is 1.54. The molecule has 0 spiro atoms. The van der Waals surface area contributed by atoms with Crippen molar-refractivity contribution in [3.05, 3.63) is 40.8 Å². The van der Waals surface area contributed by atoms with E-state index < -0.39 is 0 Å². The summed E-state index contributed by atoms with van der Waals surface area (Å²) in [5.74, 6) is 2.27. The summed E-state index contributed by atoms with van der Waals surface area (Å²) in [6.45, 7) is 1.36. The van der Waals surface area contributed by atoms with Crippen LogP contribution in [0.4, 0.5) is 0 Å². The number of hydrogen-bond donors (Lipinski definition) is 0. The second-order valence-electron chi connectivity index (χ2n) is 6.99. The number of aryl methyl sites for hydroxylation is 1. The second-order valence-corrected chi connectivity index (χ2v) is 6.99. The van der Waals surface area contributed by atoms with E-state index in [9.17, 15) is 4.79 Å². The van der Waals surface area contributed by atoms with Gasteiger partial charge in [0, 0.05) is 30.1 Å². The highest BCUT2D eigenvalue weighted by molar-refractivity contribution is 5.93. The number of likely N-dealkylation sites (tertiary alicyclic amines) is 1. The molecule has 2 aromatic rings. The van der Waals surface area contributed by atoms with Gasteiger partial charge in [-0.15, -0.1) is 0 Å². The van der Waals surface area contributed by atoms with Crippen molar-refractivity contribution >= 4 is 5.91 Å². The van der Waals surface area contributed by atoms with Crippen molar-refractivity contribution in [3.63, 3.8) is 0 Å². The lowest BCUT2D eigenvalue weighted by molar-refractivity contribution is 0.0747. The molecule has 1 aliphatic carbocycles. The van der Waals surface area contributed by atoms with Crippen molar-refractivity contribution in [1.82, 2.24) is 10.1 Å². The summed E-state index contributed by atoms with van der Waals surface area (Å²) in [5.41, 5.74) is 3.07. The number of benzene rings is 1. The molecule has 4 rings (SSSR count). The number of rotatable bonds is 4. The molecule has 6 heteroatoms. The van der Waals surface area contributed by atoms with Crippen LogP contribution in [0.15, 0.2) is 22.7 Å². The molecule has 2 heterocycles. The zero-order chi connectivity index (χ0) is 18.1. The van der Waals surface area contributed by atoms with E-state index in [1.807, 2.05) is 23.1 Å². The average Bonchev–Trinajstić information content (AvgIpc) is 3.34. The number of aromatic nitrogens is 1. The third kappa shape index (κ3) is 2.93. The molecule has 2 aliphatic rings. The standard InChI is InChI=1S/C20H24N2O4/c1-24-14-7-8-18(25-2)16(11-14)13-9-10-22(12-13)20(23)19-15-5-3-4-6-17(15)21-26-19/h7-8,11,13H,3-6,9-10,12H2,1-2H3/t13-/m0/s1. The van der Waals surface area contributed by atoms with Gasteiger partial charge in [0.2, 0.25) is 5.76 Å². The van der Waals surface area contributed by atoms with Gasteiger partial charge in [0.05, 0.1) is 19.9 Å². The fourth-order valence-corrected chi connectivity index (χ4v) is 4.06. The van der Waals surface area contributed by atoms with Gasteiger partial charge in [-0.05, 0) is 50.3 Å². The molecule has 0 bridgehead atoms. The molecular weight excluding hydrogens is 332 g/mol. The summed E-state index contributed by atoms with van der Waals surface area (Å²) in [6, 6.07) is 5.82. The molecule has 1 fully saturated rings. The number of carbonyl (C=O) groups is 1. The van der Waals surface area contributed by atoms with Crippen molar-refractivity contribution in [3.8, 4) is 11.5 Å². The Hall–Kier alpha value is -2.50. The number of ether oxygens (including phenoxy) is 2. The van der Waals surface area contributed by atoms with E-state index in [-0.39, 0.29) is 11.8 Å². The molecule has 0 N–H and O–H groups in total. The van der Waals surface area contributed by atoms with E-state index in [1.54, 1.807) is 14.2 Å². The molecule has 6 nitrogen and oxygen atoms in total. The highest BCUT2D eigenvalue weighted by atomic mass is 16.5. The van der Waals surface area contributed by atoms with Crippen molar-refractivity contribution in [2.45, 2.75) is 38.0 Å². The van der Waals surface area contributed by atoms with Crippen LogP contribution in [0.3, 0.4) is 0 Å². The summed E-state index contributed by atoms with van der Waals surface area (Å²) < 4.78 is 16.3. The smallest absolute Gasteiger partial charge is 0.292 e. The highest BCUT2D eigenvalue weighted by Crippen LogP contribution is 2.37. The van der Waals surface area contributed by atoms with E-state index >= 15 is 0 Å². The van der Waals surface area contributed by atoms with Crippen molar-refractivity contribution in [1.29, 1.82) is 0 Å². The molecule has 138 valence electrons. The monoisotopic (exact) mass is 356 g/mol. The lowest BCUT2D eigenvalue weighted by atomic mass is 9.95. The van der Waals surface area contributed by atoms with Gasteiger partial charge in [-0.3, -0.25) is 4.79 Å². The molecule has 26 heavy (non-hydrogen) atoms. The van der Waals surface area contributed by atoms with Crippen molar-refractivity contribution < 1.29 is 18.8 Å². The third-order valence-corrected chi connectivity index (χ3v) is 5.51. The first-order valence-electron chi connectivity index (χ1n) is 9.20. The predicted molar refractivity (Wildman–Crippen MR) is 96.0 cm³/mol. The molecule has 1 aliphatic heterocycles. The summed E-state index contributed by atoms with van der Waals surface area (Å²) in [7, 11) is 3.33. The lowest BCUT2D eigenvalue weighted by Gasteiger charge is -2.18. The zero-order valence-corrected chi connectivity index (χ0v) is 15.3. The number of nitrogens with zero attached hydrogens (tertiary/aromatic N) is 2. The minimum Gasteiger partial charge on any atom is -0.497 e. The maximum Gasteiger partial charge on any atom is 0.292 e. The Labute approximate surface area is 153 Å². The van der Waals surface area contributed by atoms with Gasteiger partial charge in [-0.25, -0.2) is 0 Å². The average molecular weight is 356 g/mol. The molecule has 0 saturated carbocycles. The van der Waals surface area contributed by atoms with Gasteiger partial charge in [0.1, 0.15) is 11.5 Å². The van der Waals surface area contributed by atoms with Gasteiger partial charge in [0.25, 0.3) is 5.91 Å². The van der Waals surface area contributed by atoms with Crippen LogP contribution in [0.2, 0.25) is 0 Å². The Kier molecular flexibility index (Phi) is 4.57. The van der Waals surface area contributed by atoms with Gasteiger partial charge in [-0.2, -0.15) is 0 Å². The first-order valence-corrected chi connectivity index (χ1v) is 9.20. The predicted octanol–water partition coefficient (Wildman–Crippen LogP) is 3.20. The maximum atomic E-state index is 13.0. The normalized spacial score (nSPS) is 19.3. The van der Waals surface area contributed by atoms with Crippen molar-refractivity contribution in [2.75, 3.05) is 27.3 Å². The van der Waals surface area contributed by atoms with E-state index in [4.69, 9.17) is 14.0 Å². The summed E-state index contributed by atoms with van der Waals surface area (Å²) in [5, 5.41) is 4.12. The number of amides is 1. The minimum absolute atomic E-state index is 0.0370. The quantitative estimate of drug-likeness (QED) is 0.842. The minimum atomic E-state index is -0.0370. The van der Waals surface area contributed by atoms with Crippen LogP contribution in [0.25, 0.3) is 0 Å². The van der Waals surface area contributed by atoms with Crippen LogP contribution in [0, 0.1) is 0 Å². The molecule has 0 unspecified atom stereocenters. The van der Waals surface area contributed by atoms with Gasteiger partial charge >= 0.3 is 0 Å². The van der Waals surface area contributed by atoms with E-state index in [0.29, 0.717) is 18.8 Å². The van der Waals surface area contributed by atoms with E-state index in [0.717, 1.165) is 60.4 Å². The lowest BCUT2D eigenvalue weighted by Crippen LogP contribution is -2.29. The third-order valence-electron chi connectivity index (χ3n) is 5.51. The summed E-state index contributed by atoms with van der Waals surface area (Å²) >= 11 is 0. The van der Waals surface area contributed by atoms with Crippen LogP contribution in [0.5, 0.6) is 11.5 Å². The Morgan fingerprint density at radius 2 is 2.08 bits per heavy atom. The second kappa shape index (κ2) is 7.02. The Morgan fingerprint density at radius 1 is 1.23 bits per heavy atom. The summed E-state index contributed by atoms with van der Waals surface area (Å²) in [6.07, 6.45) is 4.91. The fourth-order valence-electron chi connectivity index (χ4n) is 4.06. The first-order chi connectivity index (χ1) is 12.7. The molecule has 1 aromatic carbocycles. The number of carbonyl (C=O) groups excluding carboxylic acids is 1. The van der Waals surface area contributed by atoms with Crippen LogP contribution >= 0.6 is 0 Å². The van der Waals surface area contributed by atoms with Gasteiger partial charge < -0.3 is 18.9 Å². The molecule has 1 amide bonds.